The molecule has 2 unspecified atom stereocenters. The van der Waals surface area contributed by atoms with Crippen LogP contribution >= 0.6 is 0 Å². The smallest absolute Gasteiger partial charge is 0.141 e. The van der Waals surface area contributed by atoms with Gasteiger partial charge >= 0.3 is 0 Å². The molecule has 0 bridgehead atoms. The van der Waals surface area contributed by atoms with Crippen molar-refractivity contribution in [3.05, 3.63) is 24.3 Å². The second-order valence-electron chi connectivity index (χ2n) is 3.65. The van der Waals surface area contributed by atoms with Crippen LogP contribution in [0.2, 0.25) is 0 Å². The maximum atomic E-state index is 9.56. The molecule has 0 aliphatic heterocycles. The number of rotatable bonds is 3. The van der Waals surface area contributed by atoms with Crippen LogP contribution in [0.1, 0.15) is 25.1 Å². The maximum absolute atomic E-state index is 9.56. The van der Waals surface area contributed by atoms with Crippen LogP contribution in [0.25, 0.3) is 0 Å². The minimum atomic E-state index is -0.196. The third kappa shape index (κ3) is 2.27. The average molecular weight is 193 g/mol. The van der Waals surface area contributed by atoms with Gasteiger partial charge in [-0.15, -0.1) is 0 Å². The van der Waals surface area contributed by atoms with Crippen LogP contribution in [0.5, 0.6) is 0 Å². The highest BCUT2D eigenvalue weighted by Crippen LogP contribution is 2.18. The van der Waals surface area contributed by atoms with Gasteiger partial charge in [-0.05, 0) is 25.3 Å². The van der Waals surface area contributed by atoms with Gasteiger partial charge in [0.1, 0.15) is 5.82 Å². The van der Waals surface area contributed by atoms with E-state index in [-0.39, 0.29) is 12.1 Å². The van der Waals surface area contributed by atoms with E-state index in [9.17, 15) is 5.11 Å². The van der Waals surface area contributed by atoms with Crippen molar-refractivity contribution in [2.75, 3.05) is 0 Å². The molecule has 1 heterocycles. The minimum absolute atomic E-state index is 0.196. The summed E-state index contributed by atoms with van der Waals surface area (Å²) in [5.74, 6) is 0.784. The van der Waals surface area contributed by atoms with E-state index in [0.717, 1.165) is 25.1 Å². The highest BCUT2D eigenvalue weighted by Gasteiger charge is 2.24. The van der Waals surface area contributed by atoms with Crippen molar-refractivity contribution < 1.29 is 5.11 Å². The summed E-state index contributed by atoms with van der Waals surface area (Å²) in [5.41, 5.74) is 0. The quantitative estimate of drug-likeness (QED) is 0.733. The minimum Gasteiger partial charge on any atom is -0.392 e. The van der Waals surface area contributed by atoms with Crippen molar-refractivity contribution in [2.45, 2.75) is 38.0 Å². The molecule has 0 saturated heterocycles. The van der Waals surface area contributed by atoms with Crippen LogP contribution in [0, 0.1) is 0 Å². The molecule has 0 amide bonds. The Hall–Kier alpha value is -1.00. The molecule has 1 aliphatic rings. The Morgan fingerprint density at radius 2 is 2.14 bits per heavy atom. The van der Waals surface area contributed by atoms with Gasteiger partial charge in [-0.3, -0.25) is 0 Å². The fourth-order valence-electron chi connectivity index (χ4n) is 1.82. The summed E-state index contributed by atoms with van der Waals surface area (Å²) in [7, 11) is 0. The van der Waals surface area contributed by atoms with Gasteiger partial charge in [-0.2, -0.15) is 0 Å². The van der Waals surface area contributed by atoms with Crippen molar-refractivity contribution in [1.29, 1.82) is 0 Å². The Balaban J connectivity index is 1.82. The van der Waals surface area contributed by atoms with Crippen molar-refractivity contribution in [3.8, 4) is 0 Å². The molecule has 4 heteroatoms. The highest BCUT2D eigenvalue weighted by atomic mass is 16.3. The molecular formula is C10H15N3O. The lowest BCUT2D eigenvalue weighted by molar-refractivity contribution is 0.148. The first-order valence-corrected chi connectivity index (χ1v) is 5.03. The lowest BCUT2D eigenvalue weighted by Gasteiger charge is -2.15. The molecule has 1 fully saturated rings. The number of aliphatic hydroxyl groups excluding tert-OH is 1. The lowest BCUT2D eigenvalue weighted by atomic mass is 10.2. The van der Waals surface area contributed by atoms with E-state index in [1.54, 1.807) is 18.5 Å². The number of hydrogen-bond donors (Lipinski definition) is 2. The van der Waals surface area contributed by atoms with Crippen molar-refractivity contribution in [3.63, 3.8) is 0 Å². The maximum Gasteiger partial charge on any atom is 0.141 e. The number of aromatic nitrogens is 2. The molecule has 0 spiro atoms. The molecular weight excluding hydrogens is 178 g/mol. The topological polar surface area (TPSA) is 58.0 Å². The molecule has 0 aromatic carbocycles. The highest BCUT2D eigenvalue weighted by molar-refractivity contribution is 4.90. The third-order valence-electron chi connectivity index (χ3n) is 2.62. The Morgan fingerprint density at radius 1 is 1.36 bits per heavy atom. The van der Waals surface area contributed by atoms with Gasteiger partial charge in [0.05, 0.1) is 12.6 Å². The van der Waals surface area contributed by atoms with Crippen molar-refractivity contribution in [2.24, 2.45) is 0 Å². The fraction of sp³-hybridized carbons (Fsp3) is 0.600. The van der Waals surface area contributed by atoms with Crippen LogP contribution in [-0.2, 0) is 6.54 Å². The fourth-order valence-corrected chi connectivity index (χ4v) is 1.82. The summed E-state index contributed by atoms with van der Waals surface area (Å²) in [6.07, 6.45) is 6.33. The molecule has 1 aliphatic carbocycles. The average Bonchev–Trinajstić information content (AvgIpc) is 2.63. The molecule has 2 atom stereocenters. The van der Waals surface area contributed by atoms with Gasteiger partial charge < -0.3 is 10.4 Å². The van der Waals surface area contributed by atoms with Gasteiger partial charge in [-0.1, -0.05) is 0 Å². The summed E-state index contributed by atoms with van der Waals surface area (Å²) in [5, 5.41) is 12.8. The van der Waals surface area contributed by atoms with Gasteiger partial charge in [-0.25, -0.2) is 9.97 Å². The Bertz CT molecular complexity index is 278. The zero-order valence-electron chi connectivity index (χ0n) is 8.06. The van der Waals surface area contributed by atoms with E-state index >= 15 is 0 Å². The lowest BCUT2D eigenvalue weighted by Crippen LogP contribution is -2.35. The van der Waals surface area contributed by atoms with Crippen molar-refractivity contribution >= 4 is 0 Å². The molecule has 2 N–H and O–H groups in total. The third-order valence-corrected chi connectivity index (χ3v) is 2.62. The van der Waals surface area contributed by atoms with Gasteiger partial charge in [0.25, 0.3) is 0 Å². The van der Waals surface area contributed by atoms with Gasteiger partial charge in [0.2, 0.25) is 0 Å². The van der Waals surface area contributed by atoms with Crippen LogP contribution in [0.15, 0.2) is 18.5 Å². The van der Waals surface area contributed by atoms with E-state index < -0.39 is 0 Å². The first-order chi connectivity index (χ1) is 6.86. The predicted molar refractivity (Wildman–Crippen MR) is 52.5 cm³/mol. The normalized spacial score (nSPS) is 26.6. The predicted octanol–water partition coefficient (Wildman–Crippen LogP) is 0.480. The summed E-state index contributed by atoms with van der Waals surface area (Å²) < 4.78 is 0. The summed E-state index contributed by atoms with van der Waals surface area (Å²) in [4.78, 5) is 8.22. The van der Waals surface area contributed by atoms with E-state index in [1.807, 2.05) is 0 Å². The van der Waals surface area contributed by atoms with Gasteiger partial charge in [0.15, 0.2) is 0 Å². The van der Waals surface area contributed by atoms with Crippen LogP contribution in [0.4, 0.5) is 0 Å². The van der Waals surface area contributed by atoms with Crippen LogP contribution < -0.4 is 5.32 Å². The Morgan fingerprint density at radius 3 is 2.79 bits per heavy atom. The summed E-state index contributed by atoms with van der Waals surface area (Å²) >= 11 is 0. The number of hydrogen-bond acceptors (Lipinski definition) is 4. The van der Waals surface area contributed by atoms with Crippen LogP contribution in [-0.4, -0.2) is 27.2 Å². The van der Waals surface area contributed by atoms with E-state index in [4.69, 9.17) is 0 Å². The number of nitrogens with zero attached hydrogens (tertiary/aromatic N) is 2. The summed E-state index contributed by atoms with van der Waals surface area (Å²) in [6, 6.07) is 2.02. The van der Waals surface area contributed by atoms with E-state index in [2.05, 4.69) is 15.3 Å². The molecule has 0 radical (unpaired) electrons. The largest absolute Gasteiger partial charge is 0.392 e. The van der Waals surface area contributed by atoms with Gasteiger partial charge in [0, 0.05) is 18.4 Å². The molecule has 2 rings (SSSR count). The molecule has 4 nitrogen and oxygen atoms in total. The Kier molecular flexibility index (Phi) is 3.06. The van der Waals surface area contributed by atoms with Crippen molar-refractivity contribution in [1.82, 2.24) is 15.3 Å². The molecule has 1 aromatic heterocycles. The molecule has 14 heavy (non-hydrogen) atoms. The first-order valence-electron chi connectivity index (χ1n) is 5.03. The number of nitrogens with one attached hydrogen (secondary N) is 1. The summed E-state index contributed by atoms with van der Waals surface area (Å²) in [6.45, 7) is 0.641. The second-order valence-corrected chi connectivity index (χ2v) is 3.65. The zero-order valence-corrected chi connectivity index (χ0v) is 8.06. The molecule has 1 aromatic rings. The molecule has 1 saturated carbocycles. The molecule has 76 valence electrons. The standard InChI is InChI=1S/C10H15N3O/c14-9-4-1-3-8(9)13-7-10-11-5-2-6-12-10/h2,5-6,8-9,13-14H,1,3-4,7H2. The zero-order chi connectivity index (χ0) is 9.80. The second kappa shape index (κ2) is 4.48. The SMILES string of the molecule is OC1CCCC1NCc1ncccn1. The van der Waals surface area contributed by atoms with E-state index in [0.29, 0.717) is 6.54 Å². The first kappa shape index (κ1) is 9.55. The Labute approximate surface area is 83.4 Å². The number of aliphatic hydroxyl groups is 1. The van der Waals surface area contributed by atoms with E-state index in [1.165, 1.54) is 0 Å². The van der Waals surface area contributed by atoms with Crippen LogP contribution in [0.3, 0.4) is 0 Å². The monoisotopic (exact) mass is 193 g/mol.